The highest BCUT2D eigenvalue weighted by Gasteiger charge is 2.24. The SMILES string of the molecule is Cl.Fc1c(-c2nn3c(c2-c2ccncc2)CNCC3)ccc2cc[nH]c12. The number of hydrogen-bond acceptors (Lipinski definition) is 3. The van der Waals surface area contributed by atoms with Crippen molar-refractivity contribution in [3.63, 3.8) is 0 Å². The van der Waals surface area contributed by atoms with E-state index in [4.69, 9.17) is 5.10 Å². The quantitative estimate of drug-likeness (QED) is 0.565. The molecule has 0 amide bonds. The standard InChI is InChI=1S/C19H16FN5.ClH/c20-17-14(2-1-13-5-8-23-18(13)17)19-16(12-3-6-21-7-4-12)15-11-22-9-10-25(15)24-19;/h1-8,22-23H,9-11H2;1H. The zero-order valence-corrected chi connectivity index (χ0v) is 14.7. The Bertz CT molecular complexity index is 1070. The number of H-pyrrole nitrogens is 1. The number of hydrogen-bond donors (Lipinski definition) is 2. The third kappa shape index (κ3) is 2.50. The van der Waals surface area contributed by atoms with Crippen molar-refractivity contribution < 1.29 is 4.39 Å². The van der Waals surface area contributed by atoms with Gasteiger partial charge in [0.15, 0.2) is 5.82 Å². The van der Waals surface area contributed by atoms with E-state index in [1.54, 1.807) is 18.6 Å². The Balaban J connectivity index is 0.00000168. The maximum atomic E-state index is 15.1. The molecule has 0 radical (unpaired) electrons. The number of rotatable bonds is 2. The molecule has 1 aliphatic rings. The molecule has 5 rings (SSSR count). The van der Waals surface area contributed by atoms with Crippen LogP contribution in [0.4, 0.5) is 4.39 Å². The number of pyridine rings is 1. The smallest absolute Gasteiger partial charge is 0.156 e. The summed E-state index contributed by atoms with van der Waals surface area (Å²) in [5, 5.41) is 8.99. The Morgan fingerprint density at radius 1 is 1.08 bits per heavy atom. The number of benzene rings is 1. The van der Waals surface area contributed by atoms with Gasteiger partial charge in [-0.25, -0.2) is 4.39 Å². The minimum absolute atomic E-state index is 0. The first-order valence-electron chi connectivity index (χ1n) is 8.29. The lowest BCUT2D eigenvalue weighted by Gasteiger charge is -2.16. The predicted molar refractivity (Wildman–Crippen MR) is 102 cm³/mol. The minimum Gasteiger partial charge on any atom is -0.359 e. The molecular weight excluding hydrogens is 353 g/mol. The normalized spacial score (nSPS) is 13.4. The number of fused-ring (bicyclic) bond motifs is 2. The van der Waals surface area contributed by atoms with Crippen molar-refractivity contribution in [2.24, 2.45) is 0 Å². The molecule has 0 spiro atoms. The second-order valence-corrected chi connectivity index (χ2v) is 6.18. The van der Waals surface area contributed by atoms with Gasteiger partial charge in [-0.1, -0.05) is 6.07 Å². The number of aromatic amines is 1. The van der Waals surface area contributed by atoms with E-state index >= 15 is 4.39 Å². The van der Waals surface area contributed by atoms with Gasteiger partial charge in [-0.15, -0.1) is 12.4 Å². The van der Waals surface area contributed by atoms with Gasteiger partial charge in [0.1, 0.15) is 5.69 Å². The molecule has 3 aromatic heterocycles. The summed E-state index contributed by atoms with van der Waals surface area (Å²) in [5.41, 5.74) is 4.77. The van der Waals surface area contributed by atoms with Gasteiger partial charge in [-0.3, -0.25) is 9.67 Å². The summed E-state index contributed by atoms with van der Waals surface area (Å²) < 4.78 is 17.1. The van der Waals surface area contributed by atoms with Gasteiger partial charge in [0.25, 0.3) is 0 Å². The van der Waals surface area contributed by atoms with Gasteiger partial charge in [0, 0.05) is 48.2 Å². The summed E-state index contributed by atoms with van der Waals surface area (Å²) in [6.45, 7) is 2.36. The number of halogens is 2. The predicted octanol–water partition coefficient (Wildman–Crippen LogP) is 3.76. The number of nitrogens with zero attached hydrogens (tertiary/aromatic N) is 3. The van der Waals surface area contributed by atoms with Crippen LogP contribution in [0, 0.1) is 5.82 Å². The van der Waals surface area contributed by atoms with Crippen LogP contribution in [0.25, 0.3) is 33.3 Å². The molecule has 0 saturated carbocycles. The van der Waals surface area contributed by atoms with E-state index in [-0.39, 0.29) is 18.2 Å². The molecule has 2 N–H and O–H groups in total. The Morgan fingerprint density at radius 2 is 1.92 bits per heavy atom. The highest BCUT2D eigenvalue weighted by Crippen LogP contribution is 2.37. The molecule has 0 saturated heterocycles. The Kier molecular flexibility index (Phi) is 4.22. The van der Waals surface area contributed by atoms with Crippen LogP contribution >= 0.6 is 12.4 Å². The lowest BCUT2D eigenvalue weighted by Crippen LogP contribution is -2.28. The van der Waals surface area contributed by atoms with Gasteiger partial charge in [-0.05, 0) is 29.8 Å². The van der Waals surface area contributed by atoms with Crippen molar-refractivity contribution in [2.45, 2.75) is 13.1 Å². The molecule has 0 bridgehead atoms. The van der Waals surface area contributed by atoms with Crippen LogP contribution in [0.3, 0.4) is 0 Å². The first kappa shape index (κ1) is 16.8. The fourth-order valence-corrected chi connectivity index (χ4v) is 3.54. The fourth-order valence-electron chi connectivity index (χ4n) is 3.54. The average molecular weight is 370 g/mol. The Labute approximate surface area is 155 Å². The highest BCUT2D eigenvalue weighted by atomic mass is 35.5. The molecule has 5 nitrogen and oxygen atoms in total. The maximum Gasteiger partial charge on any atom is 0.156 e. The van der Waals surface area contributed by atoms with Crippen molar-refractivity contribution in [1.82, 2.24) is 25.1 Å². The fraction of sp³-hybridized carbons (Fsp3) is 0.158. The van der Waals surface area contributed by atoms with Crippen molar-refractivity contribution in [3.8, 4) is 22.4 Å². The third-order valence-electron chi connectivity index (χ3n) is 4.74. The van der Waals surface area contributed by atoms with Crippen molar-refractivity contribution in [3.05, 3.63) is 60.4 Å². The molecule has 26 heavy (non-hydrogen) atoms. The summed E-state index contributed by atoms with van der Waals surface area (Å²) in [5.74, 6) is -0.263. The summed E-state index contributed by atoms with van der Waals surface area (Å²) >= 11 is 0. The molecule has 7 heteroatoms. The highest BCUT2D eigenvalue weighted by molar-refractivity contribution is 5.90. The molecule has 0 unspecified atom stereocenters. The van der Waals surface area contributed by atoms with E-state index in [0.29, 0.717) is 16.8 Å². The van der Waals surface area contributed by atoms with Crippen LogP contribution in [-0.4, -0.2) is 26.3 Å². The molecule has 1 aliphatic heterocycles. The molecule has 0 fully saturated rings. The number of aromatic nitrogens is 4. The number of nitrogens with one attached hydrogen (secondary N) is 2. The van der Waals surface area contributed by atoms with Gasteiger partial charge in [-0.2, -0.15) is 5.10 Å². The summed E-state index contributed by atoms with van der Waals surface area (Å²) in [4.78, 5) is 7.09. The summed E-state index contributed by atoms with van der Waals surface area (Å²) in [7, 11) is 0. The van der Waals surface area contributed by atoms with Gasteiger partial charge in [0.05, 0.1) is 17.8 Å². The second-order valence-electron chi connectivity index (χ2n) is 6.18. The van der Waals surface area contributed by atoms with Crippen LogP contribution in [0.2, 0.25) is 0 Å². The zero-order chi connectivity index (χ0) is 16.8. The molecule has 132 valence electrons. The van der Waals surface area contributed by atoms with E-state index in [9.17, 15) is 0 Å². The third-order valence-corrected chi connectivity index (χ3v) is 4.74. The maximum absolute atomic E-state index is 15.1. The van der Waals surface area contributed by atoms with Crippen molar-refractivity contribution in [2.75, 3.05) is 6.54 Å². The monoisotopic (exact) mass is 369 g/mol. The molecule has 0 atom stereocenters. The first-order valence-corrected chi connectivity index (χ1v) is 8.29. The van der Waals surface area contributed by atoms with E-state index in [2.05, 4.69) is 15.3 Å². The van der Waals surface area contributed by atoms with Crippen LogP contribution in [0.1, 0.15) is 5.69 Å². The zero-order valence-electron chi connectivity index (χ0n) is 13.9. The van der Waals surface area contributed by atoms with Crippen LogP contribution in [0.5, 0.6) is 0 Å². The largest absolute Gasteiger partial charge is 0.359 e. The van der Waals surface area contributed by atoms with Crippen LogP contribution in [-0.2, 0) is 13.1 Å². The Hall–Kier alpha value is -2.70. The van der Waals surface area contributed by atoms with E-state index in [0.717, 1.165) is 41.8 Å². The minimum atomic E-state index is -0.263. The first-order chi connectivity index (χ1) is 12.3. The van der Waals surface area contributed by atoms with Gasteiger partial charge < -0.3 is 10.3 Å². The molecule has 4 aromatic rings. The molecular formula is C19H17ClFN5. The lowest BCUT2D eigenvalue weighted by molar-refractivity contribution is 0.477. The van der Waals surface area contributed by atoms with E-state index < -0.39 is 0 Å². The van der Waals surface area contributed by atoms with Crippen molar-refractivity contribution in [1.29, 1.82) is 0 Å². The van der Waals surface area contributed by atoms with Crippen molar-refractivity contribution >= 4 is 23.3 Å². The van der Waals surface area contributed by atoms with Gasteiger partial charge >= 0.3 is 0 Å². The van der Waals surface area contributed by atoms with E-state index in [1.807, 2.05) is 35.0 Å². The van der Waals surface area contributed by atoms with Crippen LogP contribution in [0.15, 0.2) is 48.9 Å². The molecule has 4 heterocycles. The molecule has 1 aromatic carbocycles. The van der Waals surface area contributed by atoms with Crippen LogP contribution < -0.4 is 5.32 Å². The molecule has 0 aliphatic carbocycles. The van der Waals surface area contributed by atoms with Gasteiger partial charge in [0.2, 0.25) is 0 Å². The van der Waals surface area contributed by atoms with E-state index in [1.165, 1.54) is 0 Å². The Morgan fingerprint density at radius 3 is 2.77 bits per heavy atom. The summed E-state index contributed by atoms with van der Waals surface area (Å²) in [6, 6.07) is 9.51. The lowest BCUT2D eigenvalue weighted by atomic mass is 9.98. The second kappa shape index (κ2) is 6.55. The average Bonchev–Trinajstić information content (AvgIpc) is 3.27. The topological polar surface area (TPSA) is 58.5 Å². The summed E-state index contributed by atoms with van der Waals surface area (Å²) in [6.07, 6.45) is 5.26.